The van der Waals surface area contributed by atoms with Crippen molar-refractivity contribution in [3.05, 3.63) is 29.8 Å². The Labute approximate surface area is 122 Å². The Morgan fingerprint density at radius 2 is 1.74 bits per heavy atom. The average Bonchev–Trinajstić information content (AvgIpc) is 2.92. The molecule has 0 aromatic heterocycles. The van der Waals surface area contributed by atoms with E-state index in [1.165, 1.54) is 18.5 Å². The minimum absolute atomic E-state index is 0. The standard InChI is InChI=1S/C15H24N2O.ClH/c1-15(2,11-18)14(16)12-5-7-13(8-6-12)17-9-3-4-10-17;/h5-8,14,18H,3-4,9-11,16H2,1-2H3;1H/t14-;/m1./s1. The number of aliphatic hydroxyl groups excluding tert-OH is 1. The second kappa shape index (κ2) is 6.60. The average molecular weight is 285 g/mol. The second-order valence-corrected chi connectivity index (χ2v) is 5.91. The van der Waals surface area contributed by atoms with Crippen LogP contribution in [0, 0.1) is 5.41 Å². The molecule has 3 nitrogen and oxygen atoms in total. The number of rotatable bonds is 4. The predicted molar refractivity (Wildman–Crippen MR) is 82.9 cm³/mol. The molecule has 0 bridgehead atoms. The van der Waals surface area contributed by atoms with E-state index in [0.29, 0.717) is 0 Å². The number of nitrogens with two attached hydrogens (primary N) is 1. The fourth-order valence-corrected chi connectivity index (χ4v) is 2.42. The van der Waals surface area contributed by atoms with Gasteiger partial charge in [0.1, 0.15) is 0 Å². The van der Waals surface area contributed by atoms with Crippen LogP contribution in [0.15, 0.2) is 24.3 Å². The molecule has 19 heavy (non-hydrogen) atoms. The summed E-state index contributed by atoms with van der Waals surface area (Å²) in [5.74, 6) is 0. The van der Waals surface area contributed by atoms with E-state index in [1.807, 2.05) is 13.8 Å². The van der Waals surface area contributed by atoms with Crippen molar-refractivity contribution in [2.24, 2.45) is 11.1 Å². The van der Waals surface area contributed by atoms with Crippen LogP contribution in [0.4, 0.5) is 5.69 Å². The number of hydrogen-bond donors (Lipinski definition) is 2. The zero-order chi connectivity index (χ0) is 13.2. The first-order valence-electron chi connectivity index (χ1n) is 6.76. The van der Waals surface area contributed by atoms with Gasteiger partial charge in [-0.25, -0.2) is 0 Å². The van der Waals surface area contributed by atoms with Gasteiger partial charge in [-0.15, -0.1) is 12.4 Å². The number of benzene rings is 1. The van der Waals surface area contributed by atoms with Gasteiger partial charge in [-0.1, -0.05) is 26.0 Å². The molecule has 1 saturated heterocycles. The van der Waals surface area contributed by atoms with Crippen molar-refractivity contribution in [1.29, 1.82) is 0 Å². The molecule has 0 aliphatic carbocycles. The maximum Gasteiger partial charge on any atom is 0.0500 e. The van der Waals surface area contributed by atoms with Gasteiger partial charge in [-0.2, -0.15) is 0 Å². The Kier molecular flexibility index (Phi) is 5.65. The summed E-state index contributed by atoms with van der Waals surface area (Å²) in [5.41, 5.74) is 8.31. The fraction of sp³-hybridized carbons (Fsp3) is 0.600. The quantitative estimate of drug-likeness (QED) is 0.894. The Balaban J connectivity index is 0.00000180. The Hall–Kier alpha value is -0.770. The van der Waals surface area contributed by atoms with E-state index in [9.17, 15) is 5.11 Å². The van der Waals surface area contributed by atoms with E-state index < -0.39 is 0 Å². The molecule has 0 saturated carbocycles. The minimum Gasteiger partial charge on any atom is -0.396 e. The van der Waals surface area contributed by atoms with Gasteiger partial charge in [0.2, 0.25) is 0 Å². The van der Waals surface area contributed by atoms with Gasteiger partial charge >= 0.3 is 0 Å². The number of anilines is 1. The van der Waals surface area contributed by atoms with Gasteiger partial charge in [0.15, 0.2) is 0 Å². The first kappa shape index (κ1) is 16.3. The van der Waals surface area contributed by atoms with Crippen molar-refractivity contribution in [2.45, 2.75) is 32.7 Å². The molecule has 0 unspecified atom stereocenters. The zero-order valence-corrected chi connectivity index (χ0v) is 12.6. The van der Waals surface area contributed by atoms with Crippen molar-refractivity contribution in [3.63, 3.8) is 0 Å². The van der Waals surface area contributed by atoms with Crippen molar-refractivity contribution in [3.8, 4) is 0 Å². The smallest absolute Gasteiger partial charge is 0.0500 e. The Morgan fingerprint density at radius 1 is 1.21 bits per heavy atom. The van der Waals surface area contributed by atoms with E-state index in [2.05, 4.69) is 29.2 Å². The van der Waals surface area contributed by atoms with Crippen LogP contribution in [0.25, 0.3) is 0 Å². The second-order valence-electron chi connectivity index (χ2n) is 5.91. The molecule has 0 spiro atoms. The predicted octanol–water partition coefficient (Wildman–Crippen LogP) is 2.73. The highest BCUT2D eigenvalue weighted by Gasteiger charge is 2.27. The molecule has 2 rings (SSSR count). The van der Waals surface area contributed by atoms with Gasteiger partial charge in [-0.05, 0) is 30.5 Å². The van der Waals surface area contributed by atoms with Crippen LogP contribution >= 0.6 is 12.4 Å². The Bertz CT molecular complexity index is 386. The van der Waals surface area contributed by atoms with Crippen molar-refractivity contribution in [1.82, 2.24) is 0 Å². The van der Waals surface area contributed by atoms with E-state index in [1.54, 1.807) is 0 Å². The van der Waals surface area contributed by atoms with E-state index in [4.69, 9.17) is 5.73 Å². The third-order valence-electron chi connectivity index (χ3n) is 3.97. The molecule has 108 valence electrons. The van der Waals surface area contributed by atoms with Gasteiger partial charge < -0.3 is 15.7 Å². The number of hydrogen-bond acceptors (Lipinski definition) is 3. The molecule has 1 heterocycles. The van der Waals surface area contributed by atoms with Crippen LogP contribution in [0.3, 0.4) is 0 Å². The molecule has 4 heteroatoms. The monoisotopic (exact) mass is 284 g/mol. The third kappa shape index (κ3) is 3.62. The molecule has 1 aromatic rings. The SMILES string of the molecule is CC(C)(CO)[C@H](N)c1ccc(N2CCCC2)cc1.Cl. The van der Waals surface area contributed by atoms with Crippen LogP contribution in [0.1, 0.15) is 38.3 Å². The molecular formula is C15H25ClN2O. The molecule has 1 fully saturated rings. The largest absolute Gasteiger partial charge is 0.396 e. The molecule has 3 N–H and O–H groups in total. The van der Waals surface area contributed by atoms with Crippen molar-refractivity contribution >= 4 is 18.1 Å². The van der Waals surface area contributed by atoms with Crippen LogP contribution in [-0.4, -0.2) is 24.8 Å². The van der Waals surface area contributed by atoms with Gasteiger partial charge in [-0.3, -0.25) is 0 Å². The normalized spacial score (nSPS) is 17.2. The lowest BCUT2D eigenvalue weighted by Gasteiger charge is -2.30. The van der Waals surface area contributed by atoms with Crippen LogP contribution < -0.4 is 10.6 Å². The van der Waals surface area contributed by atoms with Gasteiger partial charge in [0, 0.05) is 36.8 Å². The number of nitrogens with zero attached hydrogens (tertiary/aromatic N) is 1. The zero-order valence-electron chi connectivity index (χ0n) is 11.8. The number of aliphatic hydroxyl groups is 1. The summed E-state index contributed by atoms with van der Waals surface area (Å²) in [6.07, 6.45) is 2.58. The summed E-state index contributed by atoms with van der Waals surface area (Å²) in [6.45, 7) is 6.40. The highest BCUT2D eigenvalue weighted by atomic mass is 35.5. The molecule has 1 atom stereocenters. The van der Waals surface area contributed by atoms with Crippen LogP contribution in [0.2, 0.25) is 0 Å². The molecule has 1 aliphatic heterocycles. The lowest BCUT2D eigenvalue weighted by molar-refractivity contribution is 0.132. The number of halogens is 1. The van der Waals surface area contributed by atoms with Crippen molar-refractivity contribution < 1.29 is 5.11 Å². The van der Waals surface area contributed by atoms with Gasteiger partial charge in [0.05, 0.1) is 0 Å². The Morgan fingerprint density at radius 3 is 2.21 bits per heavy atom. The molecular weight excluding hydrogens is 260 g/mol. The lowest BCUT2D eigenvalue weighted by atomic mass is 9.82. The summed E-state index contributed by atoms with van der Waals surface area (Å²) in [4.78, 5) is 2.41. The summed E-state index contributed by atoms with van der Waals surface area (Å²) >= 11 is 0. The summed E-state index contributed by atoms with van der Waals surface area (Å²) < 4.78 is 0. The highest BCUT2D eigenvalue weighted by Crippen LogP contribution is 2.31. The summed E-state index contributed by atoms with van der Waals surface area (Å²) in [7, 11) is 0. The van der Waals surface area contributed by atoms with Crippen LogP contribution in [-0.2, 0) is 0 Å². The summed E-state index contributed by atoms with van der Waals surface area (Å²) in [5, 5.41) is 9.36. The van der Waals surface area contributed by atoms with Crippen molar-refractivity contribution in [2.75, 3.05) is 24.6 Å². The third-order valence-corrected chi connectivity index (χ3v) is 3.97. The topological polar surface area (TPSA) is 49.5 Å². The minimum atomic E-state index is -0.283. The summed E-state index contributed by atoms with van der Waals surface area (Å²) in [6, 6.07) is 8.35. The first-order valence-corrected chi connectivity index (χ1v) is 6.76. The van der Waals surface area contributed by atoms with Gasteiger partial charge in [0.25, 0.3) is 0 Å². The maximum atomic E-state index is 9.36. The fourth-order valence-electron chi connectivity index (χ4n) is 2.42. The van der Waals surface area contributed by atoms with E-state index in [0.717, 1.165) is 18.7 Å². The maximum absolute atomic E-state index is 9.36. The molecule has 0 amide bonds. The molecule has 1 aliphatic rings. The van der Waals surface area contributed by atoms with Crippen LogP contribution in [0.5, 0.6) is 0 Å². The lowest BCUT2D eigenvalue weighted by Crippen LogP contribution is -2.32. The van der Waals surface area contributed by atoms with E-state index >= 15 is 0 Å². The molecule has 0 radical (unpaired) electrons. The van der Waals surface area contributed by atoms with E-state index in [-0.39, 0.29) is 30.5 Å². The highest BCUT2D eigenvalue weighted by molar-refractivity contribution is 5.85. The first-order chi connectivity index (χ1) is 8.54. The molecule has 1 aromatic carbocycles.